The Labute approximate surface area is 187 Å². The van der Waals surface area contributed by atoms with Crippen LogP contribution in [0.3, 0.4) is 0 Å². The van der Waals surface area contributed by atoms with Gasteiger partial charge in [-0.15, -0.1) is 0 Å². The van der Waals surface area contributed by atoms with Crippen molar-refractivity contribution in [2.24, 2.45) is 41.4 Å². The van der Waals surface area contributed by atoms with E-state index >= 15 is 0 Å². The standard InChI is InChI=1S/C20H23F3O9S/c21-20(22,23)12(33(27,28)29)6-30-18(25)13-7-1-2-8(3-7)14(13)19(26)31-15-9-4-10-11(5-9)17(24)32-16(10)15/h7-16H,1-6H2,(H,27,28,29)/p-1. The average Bonchev–Trinajstić information content (AvgIpc) is 3.47. The molecule has 4 bridgehead atoms. The highest BCUT2D eigenvalue weighted by atomic mass is 32.2. The van der Waals surface area contributed by atoms with Gasteiger partial charge in [0.15, 0.2) is 5.25 Å². The number of fused-ring (bicyclic) bond motifs is 3. The summed E-state index contributed by atoms with van der Waals surface area (Å²) < 4.78 is 87.4. The summed E-state index contributed by atoms with van der Waals surface area (Å²) in [6, 6.07) is 0. The van der Waals surface area contributed by atoms with Crippen molar-refractivity contribution >= 4 is 28.0 Å². The molecular formula is C20H22F3O9S-. The summed E-state index contributed by atoms with van der Waals surface area (Å²) in [6.45, 7) is -1.66. The lowest BCUT2D eigenvalue weighted by molar-refractivity contribution is -0.176. The SMILES string of the molecule is O=C1OC2C3CC(CC13)C2OC(=O)C1C2CCC(C2)C1C(=O)OCC(C(F)(F)F)S(=O)(=O)[O-]. The van der Waals surface area contributed by atoms with Crippen LogP contribution in [0, 0.1) is 41.4 Å². The summed E-state index contributed by atoms with van der Waals surface area (Å²) in [5.74, 6) is -4.80. The Morgan fingerprint density at radius 2 is 1.70 bits per heavy atom. The van der Waals surface area contributed by atoms with Crippen LogP contribution in [0.4, 0.5) is 13.2 Å². The van der Waals surface area contributed by atoms with Crippen LogP contribution >= 0.6 is 0 Å². The highest BCUT2D eigenvalue weighted by Gasteiger charge is 2.64. The highest BCUT2D eigenvalue weighted by molar-refractivity contribution is 7.86. The number of hydrogen-bond acceptors (Lipinski definition) is 9. The molecule has 4 aliphatic carbocycles. The molecule has 13 heteroatoms. The van der Waals surface area contributed by atoms with E-state index in [1.807, 2.05) is 0 Å². The number of esters is 3. The molecule has 0 aromatic heterocycles. The maximum atomic E-state index is 13.1. The van der Waals surface area contributed by atoms with Crippen molar-refractivity contribution in [2.45, 2.75) is 55.7 Å². The summed E-state index contributed by atoms with van der Waals surface area (Å²) >= 11 is 0. The van der Waals surface area contributed by atoms with E-state index in [-0.39, 0.29) is 35.6 Å². The average molecular weight is 495 g/mol. The van der Waals surface area contributed by atoms with E-state index in [9.17, 15) is 40.5 Å². The van der Waals surface area contributed by atoms with E-state index in [0.29, 0.717) is 32.1 Å². The van der Waals surface area contributed by atoms with Gasteiger partial charge in [0.2, 0.25) is 0 Å². The Bertz CT molecular complexity index is 980. The van der Waals surface area contributed by atoms with E-state index in [2.05, 4.69) is 4.74 Å². The lowest BCUT2D eigenvalue weighted by Crippen LogP contribution is -2.44. The zero-order chi connectivity index (χ0) is 23.9. The van der Waals surface area contributed by atoms with Crippen LogP contribution in [0.2, 0.25) is 0 Å². The molecule has 10 unspecified atom stereocenters. The summed E-state index contributed by atoms with van der Waals surface area (Å²) in [5.41, 5.74) is 0. The molecule has 5 aliphatic rings. The van der Waals surface area contributed by atoms with Crippen molar-refractivity contribution < 1.29 is 54.7 Å². The van der Waals surface area contributed by atoms with Crippen LogP contribution in [0.1, 0.15) is 32.1 Å². The van der Waals surface area contributed by atoms with Crippen LogP contribution in [-0.2, 0) is 38.7 Å². The van der Waals surface area contributed by atoms with E-state index in [1.165, 1.54) is 0 Å². The molecule has 0 N–H and O–H groups in total. The van der Waals surface area contributed by atoms with Crippen LogP contribution in [0.25, 0.3) is 0 Å². The number of carbonyl (C=O) groups is 3. The second kappa shape index (κ2) is 7.56. The Morgan fingerprint density at radius 3 is 2.30 bits per heavy atom. The molecule has 33 heavy (non-hydrogen) atoms. The van der Waals surface area contributed by atoms with Gasteiger partial charge >= 0.3 is 24.1 Å². The molecule has 0 spiro atoms. The maximum absolute atomic E-state index is 13.1. The summed E-state index contributed by atoms with van der Waals surface area (Å²) in [6.07, 6.45) is -3.51. The van der Waals surface area contributed by atoms with Crippen LogP contribution < -0.4 is 0 Å². The third-order valence-corrected chi connectivity index (χ3v) is 9.32. The van der Waals surface area contributed by atoms with Gasteiger partial charge in [0, 0.05) is 11.8 Å². The second-order valence-corrected chi connectivity index (χ2v) is 11.4. The predicted octanol–water partition coefficient (Wildman–Crippen LogP) is 1.16. The van der Waals surface area contributed by atoms with Gasteiger partial charge in [0.25, 0.3) is 0 Å². The fourth-order valence-corrected chi connectivity index (χ4v) is 7.40. The molecule has 0 aromatic rings. The zero-order valence-electron chi connectivity index (χ0n) is 17.2. The third kappa shape index (κ3) is 3.71. The van der Waals surface area contributed by atoms with Crippen molar-refractivity contribution in [3.8, 4) is 0 Å². The van der Waals surface area contributed by atoms with Gasteiger partial charge < -0.3 is 18.8 Å². The lowest BCUT2D eigenvalue weighted by atomic mass is 9.79. The molecule has 1 heterocycles. The Balaban J connectivity index is 1.27. The maximum Gasteiger partial charge on any atom is 0.407 e. The first-order valence-electron chi connectivity index (χ1n) is 10.9. The van der Waals surface area contributed by atoms with E-state index in [1.54, 1.807) is 0 Å². The van der Waals surface area contributed by atoms with Gasteiger partial charge in [-0.05, 0) is 43.9 Å². The second-order valence-electron chi connectivity index (χ2n) is 9.84. The van der Waals surface area contributed by atoms with Gasteiger partial charge in [-0.1, -0.05) is 0 Å². The van der Waals surface area contributed by atoms with Crippen molar-refractivity contribution in [3.05, 3.63) is 0 Å². The molecule has 0 aromatic carbocycles. The molecule has 0 amide bonds. The van der Waals surface area contributed by atoms with Gasteiger partial charge in [-0.3, -0.25) is 14.4 Å². The number of alkyl halides is 3. The minimum atomic E-state index is -5.80. The van der Waals surface area contributed by atoms with Crippen molar-refractivity contribution in [2.75, 3.05) is 6.61 Å². The molecule has 5 rings (SSSR count). The summed E-state index contributed by atoms with van der Waals surface area (Å²) in [4.78, 5) is 37.7. The Kier molecular flexibility index (Phi) is 5.24. The fourth-order valence-electron chi connectivity index (χ4n) is 6.84. The number of ether oxygens (including phenoxy) is 3. The molecule has 4 saturated carbocycles. The third-order valence-electron chi connectivity index (χ3n) is 8.22. The number of hydrogen-bond donors (Lipinski definition) is 0. The van der Waals surface area contributed by atoms with Gasteiger partial charge in [0.05, 0.1) is 17.8 Å². The van der Waals surface area contributed by atoms with Gasteiger partial charge in [-0.25, -0.2) is 8.42 Å². The number of halogens is 3. The Hall–Kier alpha value is -1.89. The molecule has 184 valence electrons. The lowest BCUT2D eigenvalue weighted by Gasteiger charge is -2.32. The summed E-state index contributed by atoms with van der Waals surface area (Å²) in [7, 11) is -5.80. The smallest absolute Gasteiger partial charge is 0.407 e. The van der Waals surface area contributed by atoms with E-state index < -0.39 is 64.1 Å². The number of rotatable bonds is 6. The summed E-state index contributed by atoms with van der Waals surface area (Å²) in [5, 5.41) is -3.38. The first-order chi connectivity index (χ1) is 15.4. The quantitative estimate of drug-likeness (QED) is 0.302. The van der Waals surface area contributed by atoms with Crippen LogP contribution in [0.5, 0.6) is 0 Å². The predicted molar refractivity (Wildman–Crippen MR) is 97.8 cm³/mol. The van der Waals surface area contributed by atoms with Gasteiger partial charge in [-0.2, -0.15) is 13.2 Å². The molecular weight excluding hydrogens is 473 g/mol. The zero-order valence-corrected chi connectivity index (χ0v) is 18.0. The van der Waals surface area contributed by atoms with Crippen molar-refractivity contribution in [1.82, 2.24) is 0 Å². The van der Waals surface area contributed by atoms with E-state index in [0.717, 1.165) is 0 Å². The van der Waals surface area contributed by atoms with Gasteiger partial charge in [0.1, 0.15) is 28.9 Å². The monoisotopic (exact) mass is 495 g/mol. The fraction of sp³-hybridized carbons (Fsp3) is 0.850. The minimum Gasteiger partial charge on any atom is -0.747 e. The molecule has 5 fully saturated rings. The van der Waals surface area contributed by atoms with Crippen molar-refractivity contribution in [3.63, 3.8) is 0 Å². The molecule has 1 saturated heterocycles. The first-order valence-corrected chi connectivity index (χ1v) is 12.4. The van der Waals surface area contributed by atoms with E-state index in [4.69, 9.17) is 9.47 Å². The largest absolute Gasteiger partial charge is 0.747 e. The normalized spacial score (nSPS) is 41.8. The van der Waals surface area contributed by atoms with Crippen LogP contribution in [0.15, 0.2) is 0 Å². The number of carbonyl (C=O) groups excluding carboxylic acids is 3. The Morgan fingerprint density at radius 1 is 1.06 bits per heavy atom. The minimum absolute atomic E-state index is 0.00873. The van der Waals surface area contributed by atoms with Crippen LogP contribution in [-0.4, -0.2) is 61.1 Å². The molecule has 1 aliphatic heterocycles. The first kappa shape index (κ1) is 22.9. The molecule has 10 atom stereocenters. The topological polar surface area (TPSA) is 136 Å². The molecule has 9 nitrogen and oxygen atoms in total. The highest BCUT2D eigenvalue weighted by Crippen LogP contribution is 2.57. The molecule has 0 radical (unpaired) electrons. The van der Waals surface area contributed by atoms with Crippen molar-refractivity contribution in [1.29, 1.82) is 0 Å².